The molecule has 0 spiro atoms. The van der Waals surface area contributed by atoms with Gasteiger partial charge in [-0.05, 0) is 37.5 Å². The first-order chi connectivity index (χ1) is 47.4. The van der Waals surface area contributed by atoms with Gasteiger partial charge in [0.1, 0.15) is 19.3 Å². The maximum Gasteiger partial charge on any atom is 0.472 e. The highest BCUT2D eigenvalue weighted by atomic mass is 31.2. The largest absolute Gasteiger partial charge is 0.472 e. The van der Waals surface area contributed by atoms with Gasteiger partial charge in [0.25, 0.3) is 0 Å². The number of unbranched alkanes of at least 4 members (excludes halogenated alkanes) is 47. The number of rotatable bonds is 78. The van der Waals surface area contributed by atoms with Crippen LogP contribution in [0.25, 0.3) is 0 Å². The van der Waals surface area contributed by atoms with E-state index in [1.807, 2.05) is 0 Å². The first-order valence-electron chi connectivity index (χ1n) is 41.0. The van der Waals surface area contributed by atoms with Crippen LogP contribution in [0.15, 0.2) is 0 Å². The van der Waals surface area contributed by atoms with Crippen molar-refractivity contribution in [2.45, 2.75) is 432 Å². The highest BCUT2D eigenvalue weighted by molar-refractivity contribution is 7.47. The van der Waals surface area contributed by atoms with Gasteiger partial charge in [-0.3, -0.25) is 37.3 Å². The van der Waals surface area contributed by atoms with Gasteiger partial charge in [0.15, 0.2) is 12.2 Å². The molecule has 582 valence electrons. The lowest BCUT2D eigenvalue weighted by atomic mass is 9.99. The van der Waals surface area contributed by atoms with Crippen molar-refractivity contribution in [2.24, 2.45) is 11.8 Å². The van der Waals surface area contributed by atoms with Gasteiger partial charge in [-0.2, -0.15) is 0 Å². The number of carbonyl (C=O) groups is 4. The average molecular weight is 1440 g/mol. The summed E-state index contributed by atoms with van der Waals surface area (Å²) in [4.78, 5) is 72.8. The summed E-state index contributed by atoms with van der Waals surface area (Å²) in [5, 5.41) is 10.6. The molecule has 0 saturated carbocycles. The van der Waals surface area contributed by atoms with E-state index >= 15 is 0 Å². The van der Waals surface area contributed by atoms with E-state index in [-0.39, 0.29) is 25.7 Å². The van der Waals surface area contributed by atoms with Gasteiger partial charge in [0, 0.05) is 25.7 Å². The number of aliphatic hydroxyl groups is 1. The van der Waals surface area contributed by atoms with Crippen LogP contribution in [-0.4, -0.2) is 96.7 Å². The fourth-order valence-corrected chi connectivity index (χ4v) is 13.7. The standard InChI is InChI=1S/C79H154O17P2/c1-7-10-12-14-16-18-19-20-21-22-23-24-25-26-27-32-35-38-45-51-57-63-78(83)95-75(68-90-77(82)62-56-50-44-37-34-31-29-28-30-33-36-42-48-54-60-72(6)9-3)70-94-98(87,88)92-66-73(80)65-91-97(85,86)93-69-74(67-89-76(81)61-55-49-43-17-15-13-11-8-2)96-79(84)64-58-52-46-40-39-41-47-53-59-71(4)5/h71-75,80H,7-70H2,1-6H3,(H,85,86)(H,87,88)/t72?,73-,74+,75+/m0/s1. The lowest BCUT2D eigenvalue weighted by molar-refractivity contribution is -0.161. The molecule has 0 bridgehead atoms. The van der Waals surface area contributed by atoms with Crippen LogP contribution in [0.5, 0.6) is 0 Å². The van der Waals surface area contributed by atoms with E-state index in [0.717, 1.165) is 108 Å². The Balaban J connectivity index is 5.18. The Morgan fingerprint density at radius 3 is 0.776 bits per heavy atom. The van der Waals surface area contributed by atoms with E-state index in [4.69, 9.17) is 37.0 Å². The number of phosphoric ester groups is 2. The van der Waals surface area contributed by atoms with Crippen LogP contribution in [-0.2, 0) is 65.4 Å². The molecule has 17 nitrogen and oxygen atoms in total. The van der Waals surface area contributed by atoms with Gasteiger partial charge >= 0.3 is 39.5 Å². The van der Waals surface area contributed by atoms with Crippen molar-refractivity contribution in [1.82, 2.24) is 0 Å². The van der Waals surface area contributed by atoms with Crippen molar-refractivity contribution in [3.8, 4) is 0 Å². The molecule has 0 aromatic rings. The first kappa shape index (κ1) is 96.1. The number of ether oxygens (including phenoxy) is 4. The number of carbonyl (C=O) groups excluding carboxylic acids is 4. The monoisotopic (exact) mass is 1440 g/mol. The van der Waals surface area contributed by atoms with Crippen molar-refractivity contribution < 1.29 is 80.2 Å². The van der Waals surface area contributed by atoms with Gasteiger partial charge in [-0.1, -0.05) is 363 Å². The van der Waals surface area contributed by atoms with Gasteiger partial charge in [0.2, 0.25) is 0 Å². The minimum atomic E-state index is -4.96. The molecule has 0 aromatic heterocycles. The minimum absolute atomic E-state index is 0.105. The fourth-order valence-electron chi connectivity index (χ4n) is 12.2. The van der Waals surface area contributed by atoms with Crippen molar-refractivity contribution in [2.75, 3.05) is 39.6 Å². The van der Waals surface area contributed by atoms with Crippen molar-refractivity contribution in [1.29, 1.82) is 0 Å². The number of aliphatic hydroxyl groups excluding tert-OH is 1. The van der Waals surface area contributed by atoms with Crippen LogP contribution >= 0.6 is 15.6 Å². The SMILES string of the molecule is CCCCCCCCCCCCCCCCCCCCCCCC(=O)O[C@H](COC(=O)CCCCCCCCCCCCCCCCC(C)CC)COP(=O)(O)OC[C@@H](O)COP(=O)(O)OC[C@@H](COC(=O)CCCCCCCCCC)OC(=O)CCCCCCCCCCC(C)C. The third-order valence-electron chi connectivity index (χ3n) is 18.8. The molecule has 0 radical (unpaired) electrons. The van der Waals surface area contributed by atoms with E-state index < -0.39 is 97.5 Å². The molecule has 0 aromatic carbocycles. The average Bonchev–Trinajstić information content (AvgIpc) is 1.24. The third kappa shape index (κ3) is 71.1. The summed E-state index contributed by atoms with van der Waals surface area (Å²) in [6.07, 6.45) is 59.9. The highest BCUT2D eigenvalue weighted by Crippen LogP contribution is 2.45. The van der Waals surface area contributed by atoms with Crippen LogP contribution in [0.2, 0.25) is 0 Å². The molecule has 6 atom stereocenters. The topological polar surface area (TPSA) is 237 Å². The summed E-state index contributed by atoms with van der Waals surface area (Å²) in [6.45, 7) is 9.60. The Labute approximate surface area is 600 Å². The molecule has 0 heterocycles. The highest BCUT2D eigenvalue weighted by Gasteiger charge is 2.30. The van der Waals surface area contributed by atoms with E-state index in [2.05, 4.69) is 41.5 Å². The summed E-state index contributed by atoms with van der Waals surface area (Å²) in [6, 6.07) is 0. The lowest BCUT2D eigenvalue weighted by Crippen LogP contribution is -2.30. The van der Waals surface area contributed by atoms with Crippen LogP contribution in [0.3, 0.4) is 0 Å². The Bertz CT molecular complexity index is 1890. The molecule has 0 fully saturated rings. The van der Waals surface area contributed by atoms with E-state index in [1.165, 1.54) is 225 Å². The van der Waals surface area contributed by atoms with Crippen LogP contribution in [0.4, 0.5) is 0 Å². The molecule has 0 aliphatic carbocycles. The second kappa shape index (κ2) is 70.7. The van der Waals surface area contributed by atoms with Crippen LogP contribution in [0.1, 0.15) is 414 Å². The molecule has 0 aliphatic rings. The molecular formula is C79H154O17P2. The molecule has 0 saturated heterocycles. The summed E-state index contributed by atoms with van der Waals surface area (Å²) in [5.74, 6) is -0.549. The molecule has 98 heavy (non-hydrogen) atoms. The van der Waals surface area contributed by atoms with Gasteiger partial charge in [-0.15, -0.1) is 0 Å². The molecule has 3 unspecified atom stereocenters. The summed E-state index contributed by atoms with van der Waals surface area (Å²) < 4.78 is 68.5. The minimum Gasteiger partial charge on any atom is -0.462 e. The number of hydrogen-bond donors (Lipinski definition) is 3. The predicted octanol–water partition coefficient (Wildman–Crippen LogP) is 23.5. The maximum absolute atomic E-state index is 13.1. The van der Waals surface area contributed by atoms with Gasteiger partial charge in [-0.25, -0.2) is 9.13 Å². The van der Waals surface area contributed by atoms with Crippen molar-refractivity contribution in [3.63, 3.8) is 0 Å². The molecule has 3 N–H and O–H groups in total. The maximum atomic E-state index is 13.1. The molecular weight excluding hydrogens is 1280 g/mol. The van der Waals surface area contributed by atoms with E-state index in [0.29, 0.717) is 25.7 Å². The number of hydrogen-bond acceptors (Lipinski definition) is 15. The second-order valence-electron chi connectivity index (χ2n) is 29.2. The van der Waals surface area contributed by atoms with E-state index in [9.17, 15) is 43.2 Å². The Kier molecular flexibility index (Phi) is 69.3. The van der Waals surface area contributed by atoms with Crippen molar-refractivity contribution >= 4 is 39.5 Å². The Morgan fingerprint density at radius 2 is 0.520 bits per heavy atom. The Hall–Kier alpha value is -1.94. The summed E-state index contributed by atoms with van der Waals surface area (Å²) in [5.41, 5.74) is 0. The van der Waals surface area contributed by atoms with Gasteiger partial charge in [0.05, 0.1) is 26.4 Å². The van der Waals surface area contributed by atoms with Crippen molar-refractivity contribution in [3.05, 3.63) is 0 Å². The number of esters is 4. The third-order valence-corrected chi connectivity index (χ3v) is 20.7. The molecule has 0 amide bonds. The summed E-state index contributed by atoms with van der Waals surface area (Å²) in [7, 11) is -9.91. The second-order valence-corrected chi connectivity index (χ2v) is 32.1. The Morgan fingerprint density at radius 1 is 0.296 bits per heavy atom. The smallest absolute Gasteiger partial charge is 0.462 e. The fraction of sp³-hybridized carbons (Fsp3) is 0.949. The summed E-state index contributed by atoms with van der Waals surface area (Å²) >= 11 is 0. The zero-order chi connectivity index (χ0) is 72.1. The van der Waals surface area contributed by atoms with Crippen LogP contribution in [0, 0.1) is 11.8 Å². The molecule has 0 rings (SSSR count). The van der Waals surface area contributed by atoms with Crippen LogP contribution < -0.4 is 0 Å². The first-order valence-corrected chi connectivity index (χ1v) is 44.0. The quantitative estimate of drug-likeness (QED) is 0.0222. The predicted molar refractivity (Wildman–Crippen MR) is 400 cm³/mol. The zero-order valence-electron chi connectivity index (χ0n) is 64.1. The lowest BCUT2D eigenvalue weighted by Gasteiger charge is -2.21. The normalized spacial score (nSPS) is 14.2. The number of phosphoric acid groups is 2. The van der Waals surface area contributed by atoms with E-state index in [1.54, 1.807) is 0 Å². The molecule has 19 heteroatoms. The zero-order valence-corrected chi connectivity index (χ0v) is 65.9. The molecule has 0 aliphatic heterocycles. The van der Waals surface area contributed by atoms with Gasteiger partial charge < -0.3 is 33.8 Å².